The van der Waals surface area contributed by atoms with E-state index in [1.165, 1.54) is 0 Å². The van der Waals surface area contributed by atoms with Crippen LogP contribution in [-0.2, 0) is 0 Å². The molecule has 6 nitrogen and oxygen atoms in total. The minimum absolute atomic E-state index is 0. The third kappa shape index (κ3) is 3.84. The van der Waals surface area contributed by atoms with Crippen LogP contribution in [0.5, 0.6) is 11.5 Å². The minimum Gasteiger partial charge on any atom is -0.867 e. The molecule has 0 saturated carbocycles. The molecule has 4 aromatic heterocycles. The maximum absolute atomic E-state index is 11.8. The summed E-state index contributed by atoms with van der Waals surface area (Å²) in [6.07, 6.45) is 3.75. The van der Waals surface area contributed by atoms with Crippen molar-refractivity contribution in [2.45, 2.75) is 35.1 Å². The van der Waals surface area contributed by atoms with Crippen LogP contribution < -0.4 is 19.0 Å². The molecule has 0 unspecified atom stereocenters. The average Bonchev–Trinajstić information content (AvgIpc) is 2.76. The Hall–Kier alpha value is -3.80. The van der Waals surface area contributed by atoms with Crippen molar-refractivity contribution in [3.63, 3.8) is 0 Å². The van der Waals surface area contributed by atoms with E-state index in [4.69, 9.17) is 0 Å². The highest BCUT2D eigenvalue weighted by Crippen LogP contribution is 2.19. The van der Waals surface area contributed by atoms with E-state index in [2.05, 4.69) is 9.97 Å². The molecule has 0 aliphatic heterocycles. The summed E-state index contributed by atoms with van der Waals surface area (Å²) in [5.74, 6) is 0.0291. The van der Waals surface area contributed by atoms with E-state index in [1.807, 2.05) is 79.2 Å². The molecule has 0 spiro atoms. The highest BCUT2D eigenvalue weighted by molar-refractivity contribution is 5.91. The quantitative estimate of drug-likeness (QED) is 0.288. The maximum Gasteiger partial charge on any atom is 0.335 e. The molecular weight excluding hydrogens is 388 g/mol. The van der Waals surface area contributed by atoms with Crippen LogP contribution in [0.1, 0.15) is 30.2 Å². The molecule has 0 bridgehead atoms. The largest absolute Gasteiger partial charge is 0.867 e. The van der Waals surface area contributed by atoms with Gasteiger partial charge in [0.05, 0.1) is 17.8 Å². The molecule has 5 aromatic rings. The van der Waals surface area contributed by atoms with Gasteiger partial charge in [-0.3, -0.25) is 0 Å². The summed E-state index contributed by atoms with van der Waals surface area (Å²) in [7, 11) is 0. The molecule has 0 aliphatic rings. The number of nitrogens with zero attached hydrogens (tertiary/aromatic N) is 4. The van der Waals surface area contributed by atoms with Crippen LogP contribution in [0.25, 0.3) is 22.1 Å². The Morgan fingerprint density at radius 2 is 1.29 bits per heavy atom. The van der Waals surface area contributed by atoms with Gasteiger partial charge in [-0.2, -0.15) is 0 Å². The lowest BCUT2D eigenvalue weighted by Gasteiger charge is -2.10. The number of rotatable bonds is 0. The van der Waals surface area contributed by atoms with Gasteiger partial charge in [-0.05, 0) is 58.9 Å². The van der Waals surface area contributed by atoms with Gasteiger partial charge in [-0.25, -0.2) is 8.80 Å². The van der Waals surface area contributed by atoms with Gasteiger partial charge in [-0.1, -0.05) is 31.7 Å². The molecule has 6 heteroatoms. The molecule has 0 amide bonds. The average molecular weight is 415 g/mol. The first-order valence-corrected chi connectivity index (χ1v) is 9.70. The summed E-state index contributed by atoms with van der Waals surface area (Å²) < 4.78 is 3.66. The number of pyridine rings is 2. The van der Waals surface area contributed by atoms with E-state index in [-0.39, 0.29) is 18.9 Å². The fourth-order valence-electron chi connectivity index (χ4n) is 3.57. The predicted molar refractivity (Wildman–Crippen MR) is 117 cm³/mol. The minimum atomic E-state index is 0. The second-order valence-electron chi connectivity index (χ2n) is 7.25. The van der Waals surface area contributed by atoms with Crippen LogP contribution in [0.15, 0.2) is 60.9 Å². The number of benzene rings is 1. The smallest absolute Gasteiger partial charge is 0.335 e. The number of hydrogen-bond acceptors (Lipinski definition) is 4. The Labute approximate surface area is 181 Å². The third-order valence-corrected chi connectivity index (χ3v) is 5.26. The van der Waals surface area contributed by atoms with Gasteiger partial charge >= 0.3 is 11.3 Å². The lowest BCUT2D eigenvalue weighted by molar-refractivity contribution is -0.528. The molecule has 4 heterocycles. The lowest BCUT2D eigenvalue weighted by atomic mass is 10.1. The van der Waals surface area contributed by atoms with Gasteiger partial charge in [0.15, 0.2) is 0 Å². The van der Waals surface area contributed by atoms with Crippen molar-refractivity contribution >= 4 is 22.1 Å². The SMILES string of the molecule is C.Cc1nc2c3ccccc3cc[n+]2c(C)c1[O-].Cc1nc2cccc[n+]2c(C)c1[O-]. The molecule has 158 valence electrons. The maximum atomic E-state index is 11.8. The highest BCUT2D eigenvalue weighted by atomic mass is 16.3. The molecule has 0 aliphatic carbocycles. The van der Waals surface area contributed by atoms with Crippen molar-refractivity contribution in [2.24, 2.45) is 0 Å². The van der Waals surface area contributed by atoms with Gasteiger partial charge < -0.3 is 10.2 Å². The Kier molecular flexibility index (Phi) is 6.02. The number of aromatic nitrogens is 4. The molecule has 5 rings (SSSR count). The Morgan fingerprint density at radius 1 is 0.677 bits per heavy atom. The van der Waals surface area contributed by atoms with Crippen LogP contribution in [0, 0.1) is 27.7 Å². The van der Waals surface area contributed by atoms with Crippen LogP contribution in [0.3, 0.4) is 0 Å². The zero-order valence-corrected chi connectivity index (χ0v) is 17.4. The van der Waals surface area contributed by atoms with Crippen molar-refractivity contribution in [1.29, 1.82) is 0 Å². The van der Waals surface area contributed by atoms with E-state index < -0.39 is 0 Å². The van der Waals surface area contributed by atoms with Gasteiger partial charge in [0, 0.05) is 19.9 Å². The van der Waals surface area contributed by atoms with E-state index in [1.54, 1.807) is 18.2 Å². The van der Waals surface area contributed by atoms with Crippen molar-refractivity contribution in [2.75, 3.05) is 0 Å². The zero-order valence-electron chi connectivity index (χ0n) is 17.4. The summed E-state index contributed by atoms with van der Waals surface area (Å²) in [6, 6.07) is 15.8. The number of hydrogen-bond donors (Lipinski definition) is 0. The van der Waals surface area contributed by atoms with Crippen molar-refractivity contribution < 1.29 is 19.0 Å². The summed E-state index contributed by atoms with van der Waals surface area (Å²) in [5.41, 5.74) is 4.19. The van der Waals surface area contributed by atoms with Crippen LogP contribution in [0.4, 0.5) is 0 Å². The Balaban J connectivity index is 0.000000176. The van der Waals surface area contributed by atoms with E-state index >= 15 is 0 Å². The first kappa shape index (κ1) is 21.9. The summed E-state index contributed by atoms with van der Waals surface area (Å²) in [5, 5.41) is 25.5. The van der Waals surface area contributed by atoms with E-state index in [0.29, 0.717) is 22.8 Å². The fraction of sp³-hybridized carbons (Fsp3) is 0.200. The topological polar surface area (TPSA) is 80.1 Å². The van der Waals surface area contributed by atoms with Gasteiger partial charge in [-0.15, -0.1) is 0 Å². The standard InChI is InChI=1S/C14H12N2O.C10H10N2O.CH4/c1-9-13(17)10(2)16-8-7-11-5-3-4-6-12(11)14(16)15-9;1-7-10(13)8(2)12-6-4-3-5-9(12)11-7;/h3-8H,1-2H3;3-6H,1-2H3;1H4. The van der Waals surface area contributed by atoms with Gasteiger partial charge in [0.2, 0.25) is 0 Å². The predicted octanol–water partition coefficient (Wildman–Crippen LogP) is 2.81. The van der Waals surface area contributed by atoms with Gasteiger partial charge in [0.25, 0.3) is 0 Å². The molecule has 31 heavy (non-hydrogen) atoms. The summed E-state index contributed by atoms with van der Waals surface area (Å²) >= 11 is 0. The van der Waals surface area contributed by atoms with E-state index in [0.717, 1.165) is 22.1 Å². The second kappa shape index (κ2) is 8.52. The molecule has 0 N–H and O–H groups in total. The first-order chi connectivity index (χ1) is 14.4. The number of aryl methyl sites for hydroxylation is 4. The molecular formula is C25H26N4O2. The monoisotopic (exact) mass is 414 g/mol. The molecule has 0 radical (unpaired) electrons. The van der Waals surface area contributed by atoms with Crippen molar-refractivity contribution in [3.8, 4) is 11.5 Å². The Morgan fingerprint density at radius 3 is 2.03 bits per heavy atom. The third-order valence-electron chi connectivity index (χ3n) is 5.26. The molecule has 0 atom stereocenters. The second-order valence-corrected chi connectivity index (χ2v) is 7.25. The summed E-state index contributed by atoms with van der Waals surface area (Å²) in [6.45, 7) is 7.14. The normalized spacial score (nSPS) is 10.6. The summed E-state index contributed by atoms with van der Waals surface area (Å²) in [4.78, 5) is 8.60. The highest BCUT2D eigenvalue weighted by Gasteiger charge is 2.14. The van der Waals surface area contributed by atoms with Crippen LogP contribution >= 0.6 is 0 Å². The Bertz CT molecular complexity index is 1410. The van der Waals surface area contributed by atoms with E-state index in [9.17, 15) is 10.2 Å². The molecule has 0 fully saturated rings. The van der Waals surface area contributed by atoms with Crippen LogP contribution in [0.2, 0.25) is 0 Å². The van der Waals surface area contributed by atoms with Crippen LogP contribution in [-0.4, -0.2) is 9.97 Å². The van der Waals surface area contributed by atoms with Gasteiger partial charge in [0.1, 0.15) is 22.8 Å². The lowest BCUT2D eigenvalue weighted by Crippen LogP contribution is -2.29. The first-order valence-electron chi connectivity index (χ1n) is 9.70. The fourth-order valence-corrected chi connectivity index (χ4v) is 3.57. The zero-order chi connectivity index (χ0) is 21.4. The molecule has 1 aromatic carbocycles. The van der Waals surface area contributed by atoms with Crippen molar-refractivity contribution in [3.05, 3.63) is 83.7 Å². The number of fused-ring (bicyclic) bond motifs is 4. The van der Waals surface area contributed by atoms with Crippen molar-refractivity contribution in [1.82, 2.24) is 9.97 Å². The molecule has 0 saturated heterocycles.